The minimum atomic E-state index is -0.733. The fourth-order valence-electron chi connectivity index (χ4n) is 2.47. The van der Waals surface area contributed by atoms with Crippen LogP contribution in [0.3, 0.4) is 0 Å². The summed E-state index contributed by atoms with van der Waals surface area (Å²) in [6.45, 7) is 9.81. The number of hydrogen-bond donors (Lipinski definition) is 1. The Morgan fingerprint density at radius 3 is 2.75 bits per heavy atom. The van der Waals surface area contributed by atoms with E-state index in [9.17, 15) is 9.90 Å². The summed E-state index contributed by atoms with van der Waals surface area (Å²) in [6.07, 6.45) is 1.60. The molecule has 0 bridgehead atoms. The maximum absolute atomic E-state index is 11.3. The largest absolute Gasteiger partial charge is 0.481 e. The van der Waals surface area contributed by atoms with E-state index >= 15 is 0 Å². The van der Waals surface area contributed by atoms with Crippen molar-refractivity contribution >= 4 is 5.97 Å². The zero-order valence-corrected chi connectivity index (χ0v) is 12.6. The van der Waals surface area contributed by atoms with Crippen molar-refractivity contribution in [3.8, 4) is 0 Å². The van der Waals surface area contributed by atoms with Crippen LogP contribution < -0.4 is 0 Å². The molecular formula is C14H23N3O3. The Kier molecular flexibility index (Phi) is 3.86. The van der Waals surface area contributed by atoms with E-state index in [1.54, 1.807) is 6.92 Å². The molecule has 1 unspecified atom stereocenters. The lowest BCUT2D eigenvalue weighted by Crippen LogP contribution is -2.45. The molecule has 1 fully saturated rings. The Morgan fingerprint density at radius 1 is 1.50 bits per heavy atom. The van der Waals surface area contributed by atoms with Gasteiger partial charge in [-0.05, 0) is 26.3 Å². The third kappa shape index (κ3) is 3.17. The number of carbonyl (C=O) groups is 1. The number of hydrogen-bond acceptors (Lipinski definition) is 5. The topological polar surface area (TPSA) is 79.5 Å². The lowest BCUT2D eigenvalue weighted by Gasteiger charge is -2.36. The predicted molar refractivity (Wildman–Crippen MR) is 73.3 cm³/mol. The molecule has 0 radical (unpaired) electrons. The fraction of sp³-hybridized carbons (Fsp3) is 0.786. The van der Waals surface area contributed by atoms with Crippen LogP contribution in [-0.4, -0.2) is 39.2 Å². The van der Waals surface area contributed by atoms with Gasteiger partial charge in [-0.2, -0.15) is 4.98 Å². The predicted octanol–water partition coefficient (Wildman–Crippen LogP) is 2.05. The molecule has 6 heteroatoms. The van der Waals surface area contributed by atoms with E-state index in [0.29, 0.717) is 24.8 Å². The number of carboxylic acids is 1. The summed E-state index contributed by atoms with van der Waals surface area (Å²) in [7, 11) is 0. The molecule has 2 heterocycles. The van der Waals surface area contributed by atoms with Gasteiger partial charge in [0, 0.05) is 12.0 Å². The first-order valence-electron chi connectivity index (χ1n) is 6.99. The normalized spacial score (nSPS) is 24.8. The molecule has 1 aliphatic rings. The van der Waals surface area contributed by atoms with E-state index in [0.717, 1.165) is 19.4 Å². The second-order valence-corrected chi connectivity index (χ2v) is 6.94. The van der Waals surface area contributed by atoms with Gasteiger partial charge < -0.3 is 9.63 Å². The van der Waals surface area contributed by atoms with Crippen LogP contribution in [0.5, 0.6) is 0 Å². The summed E-state index contributed by atoms with van der Waals surface area (Å²) < 4.78 is 5.27. The molecule has 0 spiro atoms. The average Bonchev–Trinajstić information content (AvgIpc) is 2.77. The molecule has 1 aromatic heterocycles. The van der Waals surface area contributed by atoms with Crippen molar-refractivity contribution in [2.75, 3.05) is 13.1 Å². The maximum atomic E-state index is 11.3. The summed E-state index contributed by atoms with van der Waals surface area (Å²) in [5.74, 6) is 0.512. The summed E-state index contributed by atoms with van der Waals surface area (Å²) in [5, 5.41) is 13.3. The molecule has 1 saturated heterocycles. The number of aliphatic carboxylic acids is 1. The SMILES string of the molecule is CC1(C(=O)O)CCCN(Cc2nc(C(C)(C)C)no2)C1. The smallest absolute Gasteiger partial charge is 0.310 e. The molecule has 0 saturated carbocycles. The van der Waals surface area contributed by atoms with Gasteiger partial charge in [0.15, 0.2) is 5.82 Å². The van der Waals surface area contributed by atoms with Crippen molar-refractivity contribution in [2.24, 2.45) is 5.41 Å². The highest BCUT2D eigenvalue weighted by molar-refractivity contribution is 5.74. The van der Waals surface area contributed by atoms with Crippen LogP contribution in [0.25, 0.3) is 0 Å². The van der Waals surface area contributed by atoms with Crippen molar-refractivity contribution in [1.82, 2.24) is 15.0 Å². The van der Waals surface area contributed by atoms with Crippen LogP contribution in [0.1, 0.15) is 52.3 Å². The van der Waals surface area contributed by atoms with Gasteiger partial charge in [0.05, 0.1) is 12.0 Å². The third-order valence-electron chi connectivity index (χ3n) is 3.79. The number of carboxylic acid groups (broad SMARTS) is 1. The maximum Gasteiger partial charge on any atom is 0.310 e. The van der Waals surface area contributed by atoms with Crippen molar-refractivity contribution in [2.45, 2.75) is 52.5 Å². The Balaban J connectivity index is 2.03. The van der Waals surface area contributed by atoms with Crippen LogP contribution in [0.4, 0.5) is 0 Å². The third-order valence-corrected chi connectivity index (χ3v) is 3.79. The first-order chi connectivity index (χ1) is 9.21. The highest BCUT2D eigenvalue weighted by atomic mass is 16.5. The van der Waals surface area contributed by atoms with Gasteiger partial charge in [-0.3, -0.25) is 9.69 Å². The van der Waals surface area contributed by atoms with Gasteiger partial charge >= 0.3 is 5.97 Å². The standard InChI is InChI=1S/C14H23N3O3/c1-13(2,3)11-15-10(20-16-11)8-17-7-5-6-14(4,9-17)12(18)19/h5-9H2,1-4H3,(H,18,19). The van der Waals surface area contributed by atoms with E-state index in [1.807, 2.05) is 20.8 Å². The van der Waals surface area contributed by atoms with Gasteiger partial charge in [-0.25, -0.2) is 0 Å². The molecule has 0 aromatic carbocycles. The minimum Gasteiger partial charge on any atom is -0.481 e. The van der Waals surface area contributed by atoms with Crippen molar-refractivity contribution in [1.29, 1.82) is 0 Å². The van der Waals surface area contributed by atoms with Crippen LogP contribution >= 0.6 is 0 Å². The van der Waals surface area contributed by atoms with Gasteiger partial charge in [0.1, 0.15) is 0 Å². The van der Waals surface area contributed by atoms with Crippen LogP contribution in [-0.2, 0) is 16.8 Å². The zero-order valence-electron chi connectivity index (χ0n) is 12.6. The second kappa shape index (κ2) is 5.16. The lowest BCUT2D eigenvalue weighted by molar-refractivity contribution is -0.151. The molecule has 0 aliphatic carbocycles. The highest BCUT2D eigenvalue weighted by Crippen LogP contribution is 2.30. The number of piperidine rings is 1. The molecule has 112 valence electrons. The number of rotatable bonds is 3. The second-order valence-electron chi connectivity index (χ2n) is 6.94. The van der Waals surface area contributed by atoms with Gasteiger partial charge in [-0.15, -0.1) is 0 Å². The first-order valence-corrected chi connectivity index (χ1v) is 6.99. The van der Waals surface area contributed by atoms with E-state index in [2.05, 4.69) is 15.0 Å². The molecule has 1 atom stereocenters. The summed E-state index contributed by atoms with van der Waals surface area (Å²) in [5.41, 5.74) is -0.815. The molecular weight excluding hydrogens is 258 g/mol. The molecule has 0 amide bonds. The number of nitrogens with zero attached hydrogens (tertiary/aromatic N) is 3. The van der Waals surface area contributed by atoms with Gasteiger partial charge in [0.25, 0.3) is 0 Å². The Hall–Kier alpha value is -1.43. The minimum absolute atomic E-state index is 0.140. The molecule has 2 rings (SSSR count). The molecule has 6 nitrogen and oxygen atoms in total. The number of likely N-dealkylation sites (tertiary alicyclic amines) is 1. The number of aromatic nitrogens is 2. The van der Waals surface area contributed by atoms with Crippen molar-refractivity contribution in [3.63, 3.8) is 0 Å². The Bertz CT molecular complexity index is 492. The van der Waals surface area contributed by atoms with E-state index in [-0.39, 0.29) is 5.41 Å². The van der Waals surface area contributed by atoms with E-state index < -0.39 is 11.4 Å². The highest BCUT2D eigenvalue weighted by Gasteiger charge is 2.38. The molecule has 1 aromatic rings. The first kappa shape index (κ1) is 15.0. The van der Waals surface area contributed by atoms with E-state index in [4.69, 9.17) is 4.52 Å². The lowest BCUT2D eigenvalue weighted by atomic mass is 9.82. The Morgan fingerprint density at radius 2 is 2.20 bits per heavy atom. The molecule has 20 heavy (non-hydrogen) atoms. The van der Waals surface area contributed by atoms with Crippen molar-refractivity contribution in [3.05, 3.63) is 11.7 Å². The van der Waals surface area contributed by atoms with E-state index in [1.165, 1.54) is 0 Å². The monoisotopic (exact) mass is 281 g/mol. The molecule has 1 aliphatic heterocycles. The summed E-state index contributed by atoms with van der Waals surface area (Å²) in [6, 6.07) is 0. The van der Waals surface area contributed by atoms with Crippen LogP contribution in [0, 0.1) is 5.41 Å². The fourth-order valence-corrected chi connectivity index (χ4v) is 2.47. The van der Waals surface area contributed by atoms with Crippen LogP contribution in [0.15, 0.2) is 4.52 Å². The van der Waals surface area contributed by atoms with Gasteiger partial charge in [-0.1, -0.05) is 25.9 Å². The quantitative estimate of drug-likeness (QED) is 0.913. The summed E-state index contributed by atoms with van der Waals surface area (Å²) in [4.78, 5) is 17.8. The van der Waals surface area contributed by atoms with Crippen LogP contribution in [0.2, 0.25) is 0 Å². The van der Waals surface area contributed by atoms with Crippen molar-refractivity contribution < 1.29 is 14.4 Å². The van der Waals surface area contributed by atoms with Gasteiger partial charge in [0.2, 0.25) is 5.89 Å². The average molecular weight is 281 g/mol. The zero-order chi connectivity index (χ0) is 15.0. The summed E-state index contributed by atoms with van der Waals surface area (Å²) >= 11 is 0. The molecule has 1 N–H and O–H groups in total. The Labute approximate surface area is 119 Å².